The Hall–Kier alpha value is -4.00. The highest BCUT2D eigenvalue weighted by Gasteiger charge is 2.23. The lowest BCUT2D eigenvalue weighted by Gasteiger charge is -2.02. The van der Waals surface area contributed by atoms with Gasteiger partial charge in [0, 0.05) is 6.54 Å². The minimum absolute atomic E-state index is 0.181. The summed E-state index contributed by atoms with van der Waals surface area (Å²) in [5, 5.41) is 7.25. The number of nitrogens with one attached hydrogen (secondary N) is 1. The van der Waals surface area contributed by atoms with Gasteiger partial charge in [0.15, 0.2) is 5.65 Å². The van der Waals surface area contributed by atoms with Crippen molar-refractivity contribution in [2.75, 3.05) is 12.3 Å². The Labute approximate surface area is 167 Å². The van der Waals surface area contributed by atoms with Gasteiger partial charge in [-0.05, 0) is 24.6 Å². The van der Waals surface area contributed by atoms with E-state index in [2.05, 4.69) is 27.0 Å². The van der Waals surface area contributed by atoms with Crippen molar-refractivity contribution in [2.45, 2.75) is 6.92 Å². The Morgan fingerprint density at radius 2 is 1.97 bits per heavy atom. The van der Waals surface area contributed by atoms with E-state index in [0.29, 0.717) is 28.7 Å². The molecule has 4 rings (SSSR count). The van der Waals surface area contributed by atoms with Gasteiger partial charge in [0.2, 0.25) is 0 Å². The maximum atomic E-state index is 12.7. The summed E-state index contributed by atoms with van der Waals surface area (Å²) in [7, 11) is 0. The van der Waals surface area contributed by atoms with E-state index in [9.17, 15) is 4.79 Å². The molecule has 0 saturated heterocycles. The van der Waals surface area contributed by atoms with Crippen molar-refractivity contribution in [1.29, 1.82) is 0 Å². The fourth-order valence-electron chi connectivity index (χ4n) is 3.12. The quantitative estimate of drug-likeness (QED) is 0.407. The molecule has 2 aromatic carbocycles. The van der Waals surface area contributed by atoms with Crippen LogP contribution in [-0.4, -0.2) is 33.3 Å². The molecule has 3 N–H and O–H groups in total. The molecule has 0 aliphatic heterocycles. The second-order valence-electron chi connectivity index (χ2n) is 6.61. The van der Waals surface area contributed by atoms with Crippen molar-refractivity contribution in [3.8, 4) is 0 Å². The van der Waals surface area contributed by atoms with Gasteiger partial charge >= 0.3 is 0 Å². The van der Waals surface area contributed by atoms with E-state index >= 15 is 0 Å². The Kier molecular flexibility index (Phi) is 4.78. The number of hydrogen-bond acceptors (Lipinski definition) is 5. The van der Waals surface area contributed by atoms with Gasteiger partial charge in [-0.1, -0.05) is 48.0 Å². The van der Waals surface area contributed by atoms with Crippen LogP contribution in [0.2, 0.25) is 0 Å². The summed E-state index contributed by atoms with van der Waals surface area (Å²) in [6.07, 6.45) is 3.29. The number of nitrogens with zero attached hydrogens (tertiary/aromatic N) is 4. The van der Waals surface area contributed by atoms with Crippen LogP contribution in [-0.2, 0) is 0 Å². The topological polar surface area (TPSA) is 98.2 Å². The molecule has 7 heteroatoms. The monoisotopic (exact) mass is 384 g/mol. The van der Waals surface area contributed by atoms with E-state index in [1.165, 1.54) is 4.68 Å². The standard InChI is InChI=1S/C22H20N6O/c1-3-11-24-22(29)18-19-21(27-17-10-5-4-9-16(17)26-19)28(20(18)23)25-13-15-8-6-7-14(2)12-15/h3-10,12-13H,1,11,23H2,2H3,(H,24,29)/b25-13+. The molecule has 0 atom stereocenters. The Morgan fingerprint density at radius 1 is 1.21 bits per heavy atom. The van der Waals surface area contributed by atoms with E-state index in [0.717, 1.165) is 11.1 Å². The van der Waals surface area contributed by atoms with Crippen LogP contribution < -0.4 is 11.1 Å². The molecule has 0 unspecified atom stereocenters. The molecule has 144 valence electrons. The van der Waals surface area contributed by atoms with Crippen molar-refractivity contribution < 1.29 is 4.79 Å². The molecule has 7 nitrogen and oxygen atoms in total. The summed E-state index contributed by atoms with van der Waals surface area (Å²) in [6.45, 7) is 5.95. The number of hydrogen-bond donors (Lipinski definition) is 2. The highest BCUT2D eigenvalue weighted by atomic mass is 16.1. The number of carbonyl (C=O) groups is 1. The average molecular weight is 384 g/mol. The minimum atomic E-state index is -0.346. The molecule has 0 spiro atoms. The zero-order chi connectivity index (χ0) is 20.4. The van der Waals surface area contributed by atoms with Crippen LogP contribution >= 0.6 is 0 Å². The molecule has 0 radical (unpaired) electrons. The molecule has 4 aromatic rings. The van der Waals surface area contributed by atoms with Crippen molar-refractivity contribution in [3.05, 3.63) is 77.9 Å². The summed E-state index contributed by atoms with van der Waals surface area (Å²) in [6, 6.07) is 15.4. The fourth-order valence-corrected chi connectivity index (χ4v) is 3.12. The Balaban J connectivity index is 1.92. The van der Waals surface area contributed by atoms with Gasteiger partial charge in [0.25, 0.3) is 5.91 Å². The van der Waals surface area contributed by atoms with Crippen LogP contribution in [0, 0.1) is 6.92 Å². The van der Waals surface area contributed by atoms with Gasteiger partial charge < -0.3 is 11.1 Å². The largest absolute Gasteiger partial charge is 0.383 e. The maximum Gasteiger partial charge on any atom is 0.257 e. The number of fused-ring (bicyclic) bond motifs is 2. The zero-order valence-corrected chi connectivity index (χ0v) is 16.0. The van der Waals surface area contributed by atoms with Crippen molar-refractivity contribution in [2.24, 2.45) is 5.10 Å². The van der Waals surface area contributed by atoms with Crippen molar-refractivity contribution in [3.63, 3.8) is 0 Å². The van der Waals surface area contributed by atoms with Gasteiger partial charge in [-0.15, -0.1) is 6.58 Å². The number of nitrogen functional groups attached to an aromatic ring is 1. The lowest BCUT2D eigenvalue weighted by atomic mass is 10.2. The predicted octanol–water partition coefficient (Wildman–Crippen LogP) is 3.27. The number of aromatic nitrogens is 3. The van der Waals surface area contributed by atoms with E-state index in [1.807, 2.05) is 55.5 Å². The first-order valence-corrected chi connectivity index (χ1v) is 9.15. The molecular weight excluding hydrogens is 364 g/mol. The number of rotatable bonds is 5. The molecule has 0 saturated carbocycles. The van der Waals surface area contributed by atoms with Crippen LogP contribution in [0.5, 0.6) is 0 Å². The average Bonchev–Trinajstić information content (AvgIpc) is 2.99. The molecular formula is C22H20N6O. The van der Waals surface area contributed by atoms with Gasteiger partial charge in [0.1, 0.15) is 16.9 Å². The lowest BCUT2D eigenvalue weighted by molar-refractivity contribution is 0.0960. The second-order valence-corrected chi connectivity index (χ2v) is 6.61. The molecule has 0 fully saturated rings. The summed E-state index contributed by atoms with van der Waals surface area (Å²) in [5.74, 6) is -0.165. The Bertz CT molecular complexity index is 1270. The smallest absolute Gasteiger partial charge is 0.257 e. The minimum Gasteiger partial charge on any atom is -0.383 e. The fraction of sp³-hybridized carbons (Fsp3) is 0.0909. The number of nitrogens with two attached hydrogens (primary N) is 1. The van der Waals surface area contributed by atoms with Crippen molar-refractivity contribution in [1.82, 2.24) is 20.0 Å². The molecule has 2 heterocycles. The SMILES string of the molecule is C=CCNC(=O)c1c(N)n(/N=C/c2cccc(C)c2)c2nc3ccccc3nc12. The van der Waals surface area contributed by atoms with E-state index in [4.69, 9.17) is 5.73 Å². The maximum absolute atomic E-state index is 12.7. The summed E-state index contributed by atoms with van der Waals surface area (Å²) >= 11 is 0. The third-order valence-corrected chi connectivity index (χ3v) is 4.47. The first kappa shape index (κ1) is 18.4. The van der Waals surface area contributed by atoms with Gasteiger partial charge in [-0.3, -0.25) is 4.79 Å². The van der Waals surface area contributed by atoms with Crippen LogP contribution in [0.25, 0.3) is 22.2 Å². The number of anilines is 1. The lowest BCUT2D eigenvalue weighted by Crippen LogP contribution is -2.24. The molecule has 29 heavy (non-hydrogen) atoms. The van der Waals surface area contributed by atoms with Crippen molar-refractivity contribution >= 4 is 40.1 Å². The number of amides is 1. The number of para-hydroxylation sites is 2. The van der Waals surface area contributed by atoms with Crippen LogP contribution in [0.4, 0.5) is 5.82 Å². The number of benzene rings is 2. The molecule has 0 aliphatic carbocycles. The molecule has 1 amide bonds. The third-order valence-electron chi connectivity index (χ3n) is 4.47. The highest BCUT2D eigenvalue weighted by Crippen LogP contribution is 2.27. The van der Waals surface area contributed by atoms with E-state index in [-0.39, 0.29) is 17.3 Å². The van der Waals surface area contributed by atoms with E-state index in [1.54, 1.807) is 12.3 Å². The van der Waals surface area contributed by atoms with Gasteiger partial charge in [0.05, 0.1) is 17.2 Å². The van der Waals surface area contributed by atoms with Crippen LogP contribution in [0.1, 0.15) is 21.5 Å². The van der Waals surface area contributed by atoms with Crippen LogP contribution in [0.15, 0.2) is 66.3 Å². The summed E-state index contributed by atoms with van der Waals surface area (Å²) in [4.78, 5) is 22.0. The highest BCUT2D eigenvalue weighted by molar-refractivity contribution is 6.10. The van der Waals surface area contributed by atoms with Crippen LogP contribution in [0.3, 0.4) is 0 Å². The summed E-state index contributed by atoms with van der Waals surface area (Å²) < 4.78 is 1.46. The zero-order valence-electron chi connectivity index (χ0n) is 16.0. The second kappa shape index (κ2) is 7.55. The molecule has 0 aliphatic rings. The normalized spacial score (nSPS) is 11.3. The number of aryl methyl sites for hydroxylation is 1. The van der Waals surface area contributed by atoms with E-state index < -0.39 is 0 Å². The predicted molar refractivity (Wildman–Crippen MR) is 116 cm³/mol. The van der Waals surface area contributed by atoms with Gasteiger partial charge in [-0.2, -0.15) is 9.78 Å². The third kappa shape index (κ3) is 3.45. The first-order chi connectivity index (χ1) is 14.1. The molecule has 2 aromatic heterocycles. The summed E-state index contributed by atoms with van der Waals surface area (Å²) in [5.41, 5.74) is 10.8. The number of carbonyl (C=O) groups excluding carboxylic acids is 1. The van der Waals surface area contributed by atoms with Gasteiger partial charge in [-0.25, -0.2) is 9.97 Å². The Morgan fingerprint density at radius 3 is 2.69 bits per heavy atom. The first-order valence-electron chi connectivity index (χ1n) is 9.15. The molecule has 0 bridgehead atoms.